The van der Waals surface area contributed by atoms with Crippen LogP contribution in [0.1, 0.15) is 44.9 Å². The minimum absolute atomic E-state index is 0.162. The van der Waals surface area contributed by atoms with Crippen LogP contribution in [0.15, 0.2) is 0 Å². The van der Waals surface area contributed by atoms with Crippen LogP contribution in [-0.2, 0) is 10.0 Å². The first-order chi connectivity index (χ1) is 8.62. The Bertz CT molecular complexity index is 390. The largest absolute Gasteiger partial charge is 0.313 e. The lowest BCUT2D eigenvalue weighted by Gasteiger charge is -2.26. The monoisotopic (exact) mass is 272 g/mol. The molecule has 3 fully saturated rings. The summed E-state index contributed by atoms with van der Waals surface area (Å²) in [6.07, 6.45) is 8.18. The first-order valence-electron chi connectivity index (χ1n) is 7.36. The van der Waals surface area contributed by atoms with Gasteiger partial charge in [-0.05, 0) is 50.5 Å². The zero-order chi connectivity index (χ0) is 12.6. The van der Waals surface area contributed by atoms with Gasteiger partial charge in [0.1, 0.15) is 0 Å². The second-order valence-electron chi connectivity index (χ2n) is 6.33. The van der Waals surface area contributed by atoms with E-state index in [1.54, 1.807) is 0 Å². The van der Waals surface area contributed by atoms with Gasteiger partial charge in [-0.15, -0.1) is 0 Å². The van der Waals surface area contributed by atoms with E-state index >= 15 is 0 Å². The average molecular weight is 272 g/mol. The van der Waals surface area contributed by atoms with Gasteiger partial charge in [0.2, 0.25) is 10.0 Å². The Morgan fingerprint density at radius 1 is 1.11 bits per heavy atom. The smallest absolute Gasteiger partial charge is 0.213 e. The summed E-state index contributed by atoms with van der Waals surface area (Å²) in [6.45, 7) is 0.967. The van der Waals surface area contributed by atoms with E-state index in [-0.39, 0.29) is 17.8 Å². The van der Waals surface area contributed by atoms with Crippen LogP contribution in [0.25, 0.3) is 0 Å². The van der Waals surface area contributed by atoms with E-state index in [0.29, 0.717) is 5.92 Å². The zero-order valence-corrected chi connectivity index (χ0v) is 11.7. The molecule has 1 saturated heterocycles. The Morgan fingerprint density at radius 2 is 2.00 bits per heavy atom. The molecule has 4 unspecified atom stereocenters. The van der Waals surface area contributed by atoms with E-state index in [9.17, 15) is 8.42 Å². The van der Waals surface area contributed by atoms with Crippen molar-refractivity contribution in [3.63, 3.8) is 0 Å². The second kappa shape index (κ2) is 5.10. The van der Waals surface area contributed by atoms with Crippen LogP contribution >= 0.6 is 0 Å². The molecule has 3 aliphatic rings. The third-order valence-corrected chi connectivity index (χ3v) is 6.41. The highest BCUT2D eigenvalue weighted by atomic mass is 32.2. The molecule has 18 heavy (non-hydrogen) atoms. The van der Waals surface area contributed by atoms with E-state index in [0.717, 1.165) is 31.7 Å². The molecule has 0 aromatic rings. The molecule has 3 rings (SSSR count). The molecule has 4 atom stereocenters. The van der Waals surface area contributed by atoms with Gasteiger partial charge in [-0.25, -0.2) is 13.1 Å². The van der Waals surface area contributed by atoms with Crippen LogP contribution in [0.2, 0.25) is 0 Å². The summed E-state index contributed by atoms with van der Waals surface area (Å²) in [5.41, 5.74) is 0. The van der Waals surface area contributed by atoms with E-state index in [4.69, 9.17) is 0 Å². The number of hydrogen-bond acceptors (Lipinski definition) is 3. The Hall–Kier alpha value is -0.130. The van der Waals surface area contributed by atoms with Crippen LogP contribution in [0.4, 0.5) is 0 Å². The maximum absolute atomic E-state index is 12.2. The lowest BCUT2D eigenvalue weighted by molar-refractivity contribution is 0.385. The van der Waals surface area contributed by atoms with E-state index in [2.05, 4.69) is 10.0 Å². The standard InChI is InChI=1S/C13H24N2O2S/c16-18(17,9-12-3-1-2-6-14-12)15-13-8-10-4-5-11(13)7-10/h10-15H,1-9H2. The molecule has 2 bridgehead atoms. The average Bonchev–Trinajstić information content (AvgIpc) is 2.90. The summed E-state index contributed by atoms with van der Waals surface area (Å²) in [4.78, 5) is 0. The van der Waals surface area contributed by atoms with Gasteiger partial charge in [0, 0.05) is 12.1 Å². The van der Waals surface area contributed by atoms with E-state index in [1.807, 2.05) is 0 Å². The molecule has 4 nitrogen and oxygen atoms in total. The minimum atomic E-state index is -3.10. The molecule has 0 spiro atoms. The molecule has 5 heteroatoms. The number of rotatable bonds is 4. The van der Waals surface area contributed by atoms with Crippen molar-refractivity contribution in [1.29, 1.82) is 0 Å². The van der Waals surface area contributed by atoms with Gasteiger partial charge in [0.15, 0.2) is 0 Å². The number of nitrogens with one attached hydrogen (secondary N) is 2. The molecule has 0 radical (unpaired) electrons. The molecular weight excluding hydrogens is 248 g/mol. The highest BCUT2D eigenvalue weighted by Crippen LogP contribution is 2.44. The van der Waals surface area contributed by atoms with Crippen LogP contribution in [0.5, 0.6) is 0 Å². The second-order valence-corrected chi connectivity index (χ2v) is 8.13. The molecule has 2 aliphatic carbocycles. The van der Waals surface area contributed by atoms with Crippen LogP contribution in [-0.4, -0.2) is 32.8 Å². The van der Waals surface area contributed by atoms with Crippen molar-refractivity contribution in [3.05, 3.63) is 0 Å². The topological polar surface area (TPSA) is 58.2 Å². The summed E-state index contributed by atoms with van der Waals surface area (Å²) >= 11 is 0. The fourth-order valence-corrected chi connectivity index (χ4v) is 5.66. The van der Waals surface area contributed by atoms with E-state index in [1.165, 1.54) is 25.7 Å². The number of piperidine rings is 1. The quantitative estimate of drug-likeness (QED) is 0.809. The van der Waals surface area contributed by atoms with Crippen LogP contribution in [0.3, 0.4) is 0 Å². The SMILES string of the molecule is O=S(=O)(CC1CCCCN1)NC1CC2CCC1C2. The van der Waals surface area contributed by atoms with Crippen molar-refractivity contribution in [3.8, 4) is 0 Å². The Labute approximate surface area is 110 Å². The van der Waals surface area contributed by atoms with Gasteiger partial charge in [0.05, 0.1) is 5.75 Å². The molecule has 2 N–H and O–H groups in total. The van der Waals surface area contributed by atoms with Crippen LogP contribution in [0, 0.1) is 11.8 Å². The molecule has 104 valence electrons. The molecule has 0 amide bonds. The molecule has 1 aliphatic heterocycles. The Kier molecular flexibility index (Phi) is 3.65. The summed E-state index contributed by atoms with van der Waals surface area (Å²) in [6, 6.07) is 0.396. The zero-order valence-electron chi connectivity index (χ0n) is 10.9. The summed E-state index contributed by atoms with van der Waals surface area (Å²) in [5.74, 6) is 1.67. The third kappa shape index (κ3) is 2.89. The maximum Gasteiger partial charge on any atom is 0.213 e. The molecule has 0 aromatic carbocycles. The highest BCUT2D eigenvalue weighted by Gasteiger charge is 2.41. The fraction of sp³-hybridized carbons (Fsp3) is 1.00. The summed E-state index contributed by atoms with van der Waals surface area (Å²) in [7, 11) is -3.10. The number of fused-ring (bicyclic) bond motifs is 2. The van der Waals surface area contributed by atoms with Crippen molar-refractivity contribution < 1.29 is 8.42 Å². The van der Waals surface area contributed by atoms with Crippen molar-refractivity contribution in [1.82, 2.24) is 10.0 Å². The van der Waals surface area contributed by atoms with Crippen molar-refractivity contribution in [2.75, 3.05) is 12.3 Å². The summed E-state index contributed by atoms with van der Waals surface area (Å²) in [5, 5.41) is 3.31. The lowest BCUT2D eigenvalue weighted by atomic mass is 9.96. The third-order valence-electron chi connectivity index (χ3n) is 4.90. The predicted molar refractivity (Wildman–Crippen MR) is 71.8 cm³/mol. The van der Waals surface area contributed by atoms with Crippen molar-refractivity contribution in [2.45, 2.75) is 57.0 Å². The fourth-order valence-electron chi connectivity index (χ4n) is 4.00. The highest BCUT2D eigenvalue weighted by molar-refractivity contribution is 7.89. The first kappa shape index (κ1) is 12.9. The van der Waals surface area contributed by atoms with Gasteiger partial charge in [-0.3, -0.25) is 0 Å². The molecule has 0 aromatic heterocycles. The molecule has 1 heterocycles. The minimum Gasteiger partial charge on any atom is -0.313 e. The number of sulfonamides is 1. The molecule has 2 saturated carbocycles. The van der Waals surface area contributed by atoms with Gasteiger partial charge in [-0.1, -0.05) is 12.8 Å². The predicted octanol–water partition coefficient (Wildman–Crippen LogP) is 1.24. The normalized spacial score (nSPS) is 40.2. The summed E-state index contributed by atoms with van der Waals surface area (Å²) < 4.78 is 27.3. The first-order valence-corrected chi connectivity index (χ1v) is 9.01. The van der Waals surface area contributed by atoms with E-state index < -0.39 is 10.0 Å². The van der Waals surface area contributed by atoms with Gasteiger partial charge in [-0.2, -0.15) is 0 Å². The lowest BCUT2D eigenvalue weighted by Crippen LogP contribution is -2.46. The van der Waals surface area contributed by atoms with Crippen molar-refractivity contribution >= 4 is 10.0 Å². The van der Waals surface area contributed by atoms with Gasteiger partial charge in [0.25, 0.3) is 0 Å². The molecular formula is C13H24N2O2S. The van der Waals surface area contributed by atoms with Gasteiger partial charge >= 0.3 is 0 Å². The Balaban J connectivity index is 1.54. The Morgan fingerprint density at radius 3 is 2.61 bits per heavy atom. The van der Waals surface area contributed by atoms with Gasteiger partial charge < -0.3 is 5.32 Å². The number of hydrogen-bond donors (Lipinski definition) is 2. The van der Waals surface area contributed by atoms with Crippen molar-refractivity contribution in [2.24, 2.45) is 11.8 Å². The maximum atomic E-state index is 12.2. The van der Waals surface area contributed by atoms with Crippen LogP contribution < -0.4 is 10.0 Å².